The van der Waals surface area contributed by atoms with Crippen LogP contribution >= 0.6 is 11.6 Å². The van der Waals surface area contributed by atoms with Gasteiger partial charge >= 0.3 is 0 Å². The number of carbonyl (C=O) groups excluding carboxylic acids is 1. The normalized spacial score (nSPS) is 20.4. The molecule has 3 rings (SSSR count). The minimum atomic E-state index is -0.437. The summed E-state index contributed by atoms with van der Waals surface area (Å²) in [6.45, 7) is 4.88. The average molecular weight is 325 g/mol. The predicted octanol–water partition coefficient (Wildman–Crippen LogP) is 2.43. The smallest absolute Gasteiger partial charge is 0.241 e. The Morgan fingerprint density at radius 1 is 1.32 bits per heavy atom. The molecule has 6 heteroatoms. The highest BCUT2D eigenvalue weighted by Gasteiger charge is 2.40. The van der Waals surface area contributed by atoms with Crippen molar-refractivity contribution < 1.29 is 14.3 Å². The van der Waals surface area contributed by atoms with Crippen LogP contribution in [-0.2, 0) is 14.3 Å². The number of halogens is 1. The Morgan fingerprint density at radius 2 is 2.00 bits per heavy atom. The van der Waals surface area contributed by atoms with Gasteiger partial charge in [-0.05, 0) is 24.6 Å². The van der Waals surface area contributed by atoms with Crippen LogP contribution in [-0.4, -0.2) is 49.4 Å². The number of hydrogen-bond donors (Lipinski definition) is 1. The quantitative estimate of drug-likeness (QED) is 0.927. The van der Waals surface area contributed by atoms with Gasteiger partial charge in [-0.15, -0.1) is 0 Å². The summed E-state index contributed by atoms with van der Waals surface area (Å²) in [6, 6.07) is 5.65. The third-order valence-electron chi connectivity index (χ3n) is 4.39. The van der Waals surface area contributed by atoms with Crippen LogP contribution in [0.4, 0.5) is 5.69 Å². The van der Waals surface area contributed by atoms with Crippen molar-refractivity contribution in [2.75, 3.05) is 38.2 Å². The molecular formula is C16H21ClN2O3. The van der Waals surface area contributed by atoms with E-state index in [9.17, 15) is 4.79 Å². The molecule has 0 atom stereocenters. The van der Waals surface area contributed by atoms with Crippen molar-refractivity contribution >= 4 is 23.2 Å². The molecule has 5 nitrogen and oxygen atoms in total. The van der Waals surface area contributed by atoms with E-state index in [1.807, 2.05) is 30.0 Å². The fourth-order valence-corrected chi connectivity index (χ4v) is 3.14. The molecule has 2 saturated heterocycles. The lowest BCUT2D eigenvalue weighted by molar-refractivity contribution is -0.187. The fourth-order valence-electron chi connectivity index (χ4n) is 2.96. The van der Waals surface area contributed by atoms with Crippen molar-refractivity contribution in [3.05, 3.63) is 28.8 Å². The molecule has 1 N–H and O–H groups in total. The van der Waals surface area contributed by atoms with Gasteiger partial charge in [-0.25, -0.2) is 0 Å². The molecule has 0 saturated carbocycles. The number of benzene rings is 1. The largest absolute Gasteiger partial charge is 0.376 e. The van der Waals surface area contributed by atoms with Gasteiger partial charge in [-0.3, -0.25) is 4.79 Å². The van der Waals surface area contributed by atoms with Crippen LogP contribution < -0.4 is 5.32 Å². The molecule has 1 spiro atoms. The summed E-state index contributed by atoms with van der Waals surface area (Å²) >= 11 is 6.08. The zero-order valence-corrected chi connectivity index (χ0v) is 13.5. The number of nitrogens with zero attached hydrogens (tertiary/aromatic N) is 1. The SMILES string of the molecule is Cc1c(Cl)cccc1NCC(=O)N1CCC2(CC1)OCCO2. The molecule has 0 aromatic heterocycles. The van der Waals surface area contributed by atoms with E-state index < -0.39 is 5.79 Å². The first-order valence-electron chi connectivity index (χ1n) is 7.64. The maximum Gasteiger partial charge on any atom is 0.241 e. The van der Waals surface area contributed by atoms with Crippen LogP contribution in [0.1, 0.15) is 18.4 Å². The maximum absolute atomic E-state index is 12.3. The Hall–Kier alpha value is -1.30. The first-order chi connectivity index (χ1) is 10.6. The summed E-state index contributed by atoms with van der Waals surface area (Å²) in [5.41, 5.74) is 1.86. The van der Waals surface area contributed by atoms with Crippen molar-refractivity contribution in [1.29, 1.82) is 0 Å². The molecule has 0 unspecified atom stereocenters. The van der Waals surface area contributed by atoms with E-state index in [0.717, 1.165) is 24.1 Å². The second-order valence-corrected chi connectivity index (χ2v) is 6.16. The number of likely N-dealkylation sites (tertiary alicyclic amines) is 1. The van der Waals surface area contributed by atoms with Gasteiger partial charge in [0, 0.05) is 36.6 Å². The number of anilines is 1. The molecule has 1 aromatic carbocycles. The first-order valence-corrected chi connectivity index (χ1v) is 8.02. The second-order valence-electron chi connectivity index (χ2n) is 5.75. The third kappa shape index (κ3) is 3.21. The number of rotatable bonds is 3. The summed E-state index contributed by atoms with van der Waals surface area (Å²) in [6.07, 6.45) is 1.49. The Balaban J connectivity index is 1.51. The number of ether oxygens (including phenoxy) is 2. The molecule has 120 valence electrons. The molecule has 0 aliphatic carbocycles. The van der Waals surface area contributed by atoms with E-state index in [-0.39, 0.29) is 12.5 Å². The van der Waals surface area contributed by atoms with Gasteiger partial charge in [-0.1, -0.05) is 17.7 Å². The molecule has 1 amide bonds. The minimum absolute atomic E-state index is 0.0900. The van der Waals surface area contributed by atoms with Crippen molar-refractivity contribution in [3.8, 4) is 0 Å². The summed E-state index contributed by atoms with van der Waals surface area (Å²) < 4.78 is 11.4. The monoisotopic (exact) mass is 324 g/mol. The highest BCUT2D eigenvalue weighted by atomic mass is 35.5. The van der Waals surface area contributed by atoms with Crippen LogP contribution in [0.3, 0.4) is 0 Å². The number of amides is 1. The van der Waals surface area contributed by atoms with Crippen molar-refractivity contribution in [3.63, 3.8) is 0 Å². The molecule has 2 aliphatic heterocycles. The number of piperidine rings is 1. The number of carbonyl (C=O) groups is 1. The second kappa shape index (κ2) is 6.44. The van der Waals surface area contributed by atoms with Crippen LogP contribution in [0.15, 0.2) is 18.2 Å². The number of nitrogens with one attached hydrogen (secondary N) is 1. The lowest BCUT2D eigenvalue weighted by Gasteiger charge is -2.37. The van der Waals surface area contributed by atoms with Gasteiger partial charge in [0.2, 0.25) is 5.91 Å². The zero-order valence-electron chi connectivity index (χ0n) is 12.7. The average Bonchev–Trinajstić information content (AvgIpc) is 2.97. The molecule has 1 aromatic rings. The molecule has 0 bridgehead atoms. The lowest BCUT2D eigenvalue weighted by atomic mass is 10.0. The van der Waals surface area contributed by atoms with Gasteiger partial charge < -0.3 is 19.7 Å². The summed E-state index contributed by atoms with van der Waals surface area (Å²) in [5, 5.41) is 3.88. The van der Waals surface area contributed by atoms with Gasteiger partial charge in [0.1, 0.15) is 0 Å². The summed E-state index contributed by atoms with van der Waals surface area (Å²) in [7, 11) is 0. The maximum atomic E-state index is 12.3. The Morgan fingerprint density at radius 3 is 2.68 bits per heavy atom. The minimum Gasteiger partial charge on any atom is -0.376 e. The topological polar surface area (TPSA) is 50.8 Å². The van der Waals surface area contributed by atoms with Crippen molar-refractivity contribution in [2.45, 2.75) is 25.6 Å². The van der Waals surface area contributed by atoms with Crippen LogP contribution in [0, 0.1) is 6.92 Å². The molecule has 22 heavy (non-hydrogen) atoms. The van der Waals surface area contributed by atoms with E-state index in [1.54, 1.807) is 0 Å². The Bertz CT molecular complexity index is 548. The van der Waals surface area contributed by atoms with E-state index >= 15 is 0 Å². The standard InChI is InChI=1S/C16H21ClN2O3/c1-12-13(17)3-2-4-14(12)18-11-15(20)19-7-5-16(6-8-19)21-9-10-22-16/h2-4,18H,5-11H2,1H3. The fraction of sp³-hybridized carbons (Fsp3) is 0.562. The van der Waals surface area contributed by atoms with Gasteiger partial charge in [-0.2, -0.15) is 0 Å². The zero-order chi connectivity index (χ0) is 15.6. The Kier molecular flexibility index (Phi) is 4.57. The van der Waals surface area contributed by atoms with E-state index in [4.69, 9.17) is 21.1 Å². The molecule has 2 aliphatic rings. The van der Waals surface area contributed by atoms with E-state index in [1.165, 1.54) is 0 Å². The third-order valence-corrected chi connectivity index (χ3v) is 4.80. The Labute approximate surface area is 135 Å². The summed E-state index contributed by atoms with van der Waals surface area (Å²) in [4.78, 5) is 14.2. The van der Waals surface area contributed by atoms with Gasteiger partial charge in [0.15, 0.2) is 5.79 Å². The lowest BCUT2D eigenvalue weighted by Crippen LogP contribution is -2.48. The van der Waals surface area contributed by atoms with Crippen molar-refractivity contribution in [1.82, 2.24) is 4.90 Å². The highest BCUT2D eigenvalue weighted by molar-refractivity contribution is 6.31. The summed E-state index contributed by atoms with van der Waals surface area (Å²) in [5.74, 6) is -0.347. The van der Waals surface area contributed by atoms with Gasteiger partial charge in [0.25, 0.3) is 0 Å². The highest BCUT2D eigenvalue weighted by Crippen LogP contribution is 2.31. The first kappa shape index (κ1) is 15.6. The van der Waals surface area contributed by atoms with Crippen LogP contribution in [0.2, 0.25) is 5.02 Å². The molecule has 2 fully saturated rings. The predicted molar refractivity (Wildman–Crippen MR) is 85.1 cm³/mol. The molecular weight excluding hydrogens is 304 g/mol. The number of hydrogen-bond acceptors (Lipinski definition) is 4. The van der Waals surface area contributed by atoms with E-state index in [2.05, 4.69) is 5.32 Å². The molecule has 0 radical (unpaired) electrons. The van der Waals surface area contributed by atoms with Crippen LogP contribution in [0.5, 0.6) is 0 Å². The van der Waals surface area contributed by atoms with E-state index in [0.29, 0.717) is 31.3 Å². The van der Waals surface area contributed by atoms with Crippen molar-refractivity contribution in [2.24, 2.45) is 0 Å². The molecule has 2 heterocycles. The van der Waals surface area contributed by atoms with Gasteiger partial charge in [0.05, 0.1) is 19.8 Å². The van der Waals surface area contributed by atoms with Crippen LogP contribution in [0.25, 0.3) is 0 Å².